The van der Waals surface area contributed by atoms with Crippen molar-refractivity contribution in [2.75, 3.05) is 30.0 Å². The summed E-state index contributed by atoms with van der Waals surface area (Å²) < 4.78 is 5.54. The number of anilines is 2. The normalized spacial score (nSPS) is 17.8. The van der Waals surface area contributed by atoms with Crippen LogP contribution in [0.4, 0.5) is 11.4 Å². The summed E-state index contributed by atoms with van der Waals surface area (Å²) >= 11 is 6.32. The molecule has 0 aromatic heterocycles. The van der Waals surface area contributed by atoms with Crippen LogP contribution in [0.2, 0.25) is 5.02 Å². The van der Waals surface area contributed by atoms with Crippen LogP contribution in [0.15, 0.2) is 36.4 Å². The van der Waals surface area contributed by atoms with E-state index in [1.807, 2.05) is 24.0 Å². The molecule has 2 aliphatic rings. The second-order valence-corrected chi connectivity index (χ2v) is 7.28. The fourth-order valence-electron chi connectivity index (χ4n) is 3.79. The Labute approximate surface area is 152 Å². The van der Waals surface area contributed by atoms with Gasteiger partial charge in [-0.25, -0.2) is 0 Å². The van der Waals surface area contributed by atoms with E-state index in [9.17, 15) is 4.79 Å². The summed E-state index contributed by atoms with van der Waals surface area (Å²) in [7, 11) is 0. The summed E-state index contributed by atoms with van der Waals surface area (Å²) in [5.74, 6) is 0.0864. The number of hydrogen-bond acceptors (Lipinski definition) is 3. The number of benzene rings is 2. The van der Waals surface area contributed by atoms with Gasteiger partial charge >= 0.3 is 0 Å². The molecule has 1 amide bonds. The van der Waals surface area contributed by atoms with Crippen molar-refractivity contribution in [3.63, 3.8) is 0 Å². The zero-order chi connectivity index (χ0) is 17.6. The molecule has 0 aliphatic carbocycles. The van der Waals surface area contributed by atoms with Crippen LogP contribution in [0.3, 0.4) is 0 Å². The van der Waals surface area contributed by atoms with Crippen LogP contribution >= 0.6 is 11.6 Å². The van der Waals surface area contributed by atoms with Gasteiger partial charge in [-0.2, -0.15) is 0 Å². The molecule has 1 saturated heterocycles. The van der Waals surface area contributed by atoms with E-state index in [-0.39, 0.29) is 11.4 Å². The Balaban J connectivity index is 1.68. The van der Waals surface area contributed by atoms with E-state index in [1.165, 1.54) is 5.56 Å². The maximum absolute atomic E-state index is 11.8. The average molecular weight is 357 g/mol. The van der Waals surface area contributed by atoms with Crippen LogP contribution in [-0.2, 0) is 21.5 Å². The molecule has 4 rings (SSSR count). The molecule has 4 nitrogen and oxygen atoms in total. The highest BCUT2D eigenvalue weighted by molar-refractivity contribution is 6.31. The molecule has 2 heterocycles. The molecule has 2 aromatic carbocycles. The van der Waals surface area contributed by atoms with Crippen LogP contribution in [-0.4, -0.2) is 25.7 Å². The summed E-state index contributed by atoms with van der Waals surface area (Å²) in [6, 6.07) is 12.3. The number of hydrogen-bond donors (Lipinski definition) is 1. The zero-order valence-electron chi connectivity index (χ0n) is 14.4. The molecular weight excluding hydrogens is 336 g/mol. The van der Waals surface area contributed by atoms with E-state index in [2.05, 4.69) is 29.6 Å². The van der Waals surface area contributed by atoms with Gasteiger partial charge in [0.25, 0.3) is 0 Å². The molecule has 2 aromatic rings. The summed E-state index contributed by atoms with van der Waals surface area (Å²) in [4.78, 5) is 13.7. The lowest BCUT2D eigenvalue weighted by Crippen LogP contribution is -2.53. The van der Waals surface area contributed by atoms with Gasteiger partial charge in [-0.05, 0) is 48.2 Å². The molecule has 2 aliphatic heterocycles. The molecule has 1 fully saturated rings. The molecule has 0 spiro atoms. The maximum Gasteiger partial charge on any atom is 0.223 e. The molecule has 0 saturated carbocycles. The van der Waals surface area contributed by atoms with Crippen LogP contribution in [0.1, 0.15) is 23.6 Å². The number of halogens is 1. The Kier molecular flexibility index (Phi) is 3.97. The van der Waals surface area contributed by atoms with Gasteiger partial charge in [-0.1, -0.05) is 29.8 Å². The first-order chi connectivity index (χ1) is 12.0. The Morgan fingerprint density at radius 1 is 1.28 bits per heavy atom. The average Bonchev–Trinajstić information content (AvgIpc) is 2.97. The third-order valence-corrected chi connectivity index (χ3v) is 5.63. The largest absolute Gasteiger partial charge is 0.376 e. The molecular formula is C20H21ClN2O2. The van der Waals surface area contributed by atoms with Crippen molar-refractivity contribution in [1.82, 2.24) is 0 Å². The highest BCUT2D eigenvalue weighted by atomic mass is 35.5. The number of rotatable bonds is 3. The van der Waals surface area contributed by atoms with Crippen molar-refractivity contribution in [2.24, 2.45) is 0 Å². The summed E-state index contributed by atoms with van der Waals surface area (Å²) in [6.07, 6.45) is 0.914. The van der Waals surface area contributed by atoms with Gasteiger partial charge in [-0.15, -0.1) is 0 Å². The van der Waals surface area contributed by atoms with Crippen LogP contribution in [0, 0.1) is 6.92 Å². The second kappa shape index (κ2) is 6.04. The molecule has 0 bridgehead atoms. The topological polar surface area (TPSA) is 41.6 Å². The minimum absolute atomic E-state index is 0.0864. The van der Waals surface area contributed by atoms with Crippen LogP contribution in [0.25, 0.3) is 0 Å². The number of amides is 1. The first kappa shape index (κ1) is 16.4. The standard InChI is InChI=1S/C20H21ClN2O2/c1-13-17(4-3-5-18(13)21)20(11-25-12-20)22-16-7-6-15-8-9-23(14(2)24)19(15)10-16/h3-7,10,22H,8-9,11-12H2,1-2H3. The predicted molar refractivity (Wildman–Crippen MR) is 100 cm³/mol. The van der Waals surface area contributed by atoms with Gasteiger partial charge in [0, 0.05) is 29.9 Å². The lowest BCUT2D eigenvalue weighted by molar-refractivity contribution is -0.116. The minimum Gasteiger partial charge on any atom is -0.376 e. The van der Waals surface area contributed by atoms with Crippen molar-refractivity contribution in [3.8, 4) is 0 Å². The van der Waals surface area contributed by atoms with E-state index in [0.717, 1.165) is 40.5 Å². The van der Waals surface area contributed by atoms with E-state index in [1.54, 1.807) is 6.92 Å². The van der Waals surface area contributed by atoms with Crippen molar-refractivity contribution >= 4 is 28.9 Å². The van der Waals surface area contributed by atoms with Crippen molar-refractivity contribution < 1.29 is 9.53 Å². The SMILES string of the molecule is CC(=O)N1CCc2ccc(NC3(c4cccc(Cl)c4C)COC3)cc21. The third kappa shape index (κ3) is 2.70. The Hall–Kier alpha value is -2.04. The summed E-state index contributed by atoms with van der Waals surface area (Å²) in [6.45, 7) is 5.62. The molecule has 0 atom stereocenters. The molecule has 5 heteroatoms. The van der Waals surface area contributed by atoms with Gasteiger partial charge in [0.2, 0.25) is 5.91 Å². The van der Waals surface area contributed by atoms with Gasteiger partial charge in [-0.3, -0.25) is 4.79 Å². The van der Waals surface area contributed by atoms with Crippen LogP contribution < -0.4 is 10.2 Å². The first-order valence-corrected chi connectivity index (χ1v) is 8.90. The van der Waals surface area contributed by atoms with E-state index < -0.39 is 0 Å². The fraction of sp³-hybridized carbons (Fsp3) is 0.350. The summed E-state index contributed by atoms with van der Waals surface area (Å²) in [5.41, 5.74) is 5.19. The van der Waals surface area contributed by atoms with Crippen LogP contribution in [0.5, 0.6) is 0 Å². The number of carbonyl (C=O) groups is 1. The predicted octanol–water partition coefficient (Wildman–Crippen LogP) is 3.90. The fourth-order valence-corrected chi connectivity index (χ4v) is 3.96. The monoisotopic (exact) mass is 356 g/mol. The molecule has 0 unspecified atom stereocenters. The number of carbonyl (C=O) groups excluding carboxylic acids is 1. The molecule has 130 valence electrons. The van der Waals surface area contributed by atoms with Crippen molar-refractivity contribution in [1.29, 1.82) is 0 Å². The van der Waals surface area contributed by atoms with Crippen molar-refractivity contribution in [2.45, 2.75) is 25.8 Å². The smallest absolute Gasteiger partial charge is 0.223 e. The quantitative estimate of drug-likeness (QED) is 0.907. The Morgan fingerprint density at radius 3 is 2.76 bits per heavy atom. The Morgan fingerprint density at radius 2 is 2.08 bits per heavy atom. The van der Waals surface area contributed by atoms with Crippen molar-refractivity contribution in [3.05, 3.63) is 58.1 Å². The number of nitrogens with zero attached hydrogens (tertiary/aromatic N) is 1. The highest BCUT2D eigenvalue weighted by Gasteiger charge is 2.42. The van der Waals surface area contributed by atoms with Gasteiger partial charge in [0.1, 0.15) is 5.54 Å². The summed E-state index contributed by atoms with van der Waals surface area (Å²) in [5, 5.41) is 4.41. The van der Waals surface area contributed by atoms with Gasteiger partial charge in [0.15, 0.2) is 0 Å². The highest BCUT2D eigenvalue weighted by Crippen LogP contribution is 2.39. The van der Waals surface area contributed by atoms with E-state index in [4.69, 9.17) is 16.3 Å². The molecule has 0 radical (unpaired) electrons. The molecule has 1 N–H and O–H groups in total. The minimum atomic E-state index is -0.275. The number of ether oxygens (including phenoxy) is 1. The van der Waals surface area contributed by atoms with Gasteiger partial charge < -0.3 is 15.0 Å². The lowest BCUT2D eigenvalue weighted by Gasteiger charge is -2.44. The number of fused-ring (bicyclic) bond motifs is 1. The number of nitrogens with one attached hydrogen (secondary N) is 1. The lowest BCUT2D eigenvalue weighted by atomic mass is 9.84. The van der Waals surface area contributed by atoms with E-state index in [0.29, 0.717) is 13.2 Å². The van der Waals surface area contributed by atoms with Gasteiger partial charge in [0.05, 0.1) is 13.2 Å². The Bertz CT molecular complexity index is 846. The molecule has 25 heavy (non-hydrogen) atoms. The third-order valence-electron chi connectivity index (χ3n) is 5.22. The van der Waals surface area contributed by atoms with E-state index >= 15 is 0 Å². The second-order valence-electron chi connectivity index (χ2n) is 6.88. The first-order valence-electron chi connectivity index (χ1n) is 8.53. The maximum atomic E-state index is 11.8. The zero-order valence-corrected chi connectivity index (χ0v) is 15.2.